The van der Waals surface area contributed by atoms with E-state index in [0.29, 0.717) is 5.56 Å². The average Bonchev–Trinajstić information content (AvgIpc) is 3.17. The Morgan fingerprint density at radius 1 is 1.24 bits per heavy atom. The van der Waals surface area contributed by atoms with E-state index in [1.54, 1.807) is 25.3 Å². The summed E-state index contributed by atoms with van der Waals surface area (Å²) in [6.07, 6.45) is 3.93. The maximum absolute atomic E-state index is 13.2. The Kier molecular flexibility index (Phi) is 5.24. The van der Waals surface area contributed by atoms with Crippen LogP contribution in [0.15, 0.2) is 36.2 Å². The quantitative estimate of drug-likeness (QED) is 0.500. The molecule has 0 aromatic carbocycles. The largest absolute Gasteiger partial charge is 0.462 e. The van der Waals surface area contributed by atoms with Gasteiger partial charge in [0.1, 0.15) is 30.0 Å². The Bertz CT molecular complexity index is 1040. The van der Waals surface area contributed by atoms with Crippen molar-refractivity contribution in [3.8, 4) is 0 Å². The topological polar surface area (TPSA) is 115 Å². The average molecular weight is 472 g/mol. The molecular weight excluding hydrogens is 438 g/mol. The van der Waals surface area contributed by atoms with Crippen LogP contribution in [0.2, 0.25) is 0 Å². The van der Waals surface area contributed by atoms with Gasteiger partial charge >= 0.3 is 11.9 Å². The molecule has 184 valence electrons. The van der Waals surface area contributed by atoms with Crippen LogP contribution in [-0.4, -0.2) is 63.3 Å². The number of esters is 2. The molecule has 8 nitrogen and oxygen atoms in total. The summed E-state index contributed by atoms with van der Waals surface area (Å²) >= 11 is 0. The fraction of sp³-hybridized carbons (Fsp3) is 0.654. The highest BCUT2D eigenvalue weighted by atomic mass is 16.6. The summed E-state index contributed by atoms with van der Waals surface area (Å²) in [4.78, 5) is 29.4. The van der Waals surface area contributed by atoms with Crippen molar-refractivity contribution in [3.05, 3.63) is 41.7 Å². The predicted octanol–water partition coefficient (Wildman–Crippen LogP) is 2.58. The van der Waals surface area contributed by atoms with Gasteiger partial charge in [-0.05, 0) is 44.7 Å². The van der Waals surface area contributed by atoms with E-state index < -0.39 is 52.3 Å². The van der Waals surface area contributed by atoms with Crippen LogP contribution in [0.25, 0.3) is 0 Å². The van der Waals surface area contributed by atoms with Crippen molar-refractivity contribution in [1.82, 2.24) is 4.98 Å². The lowest BCUT2D eigenvalue weighted by atomic mass is 9.41. The first-order chi connectivity index (χ1) is 16.0. The summed E-state index contributed by atoms with van der Waals surface area (Å²) < 4.78 is 18.1. The molecule has 3 heterocycles. The highest BCUT2D eigenvalue weighted by Crippen LogP contribution is 2.67. The normalized spacial score (nSPS) is 45.7. The Morgan fingerprint density at radius 3 is 2.65 bits per heavy atom. The molecule has 2 saturated heterocycles. The van der Waals surface area contributed by atoms with Crippen LogP contribution in [-0.2, 0) is 19.0 Å². The summed E-state index contributed by atoms with van der Waals surface area (Å²) in [5.41, 5.74) is -2.58. The first kappa shape index (κ1) is 23.5. The van der Waals surface area contributed by atoms with Crippen molar-refractivity contribution < 1.29 is 34.0 Å². The van der Waals surface area contributed by atoms with E-state index in [-0.39, 0.29) is 25.4 Å². The van der Waals surface area contributed by atoms with Crippen LogP contribution in [0.1, 0.15) is 63.7 Å². The number of hydrogen-bond donors (Lipinski definition) is 2. The number of pyridine rings is 1. The smallest absolute Gasteiger partial charge is 0.339 e. The van der Waals surface area contributed by atoms with Crippen LogP contribution in [0.4, 0.5) is 0 Å². The number of carbonyl (C=O) groups is 2. The number of ether oxygens (including phenoxy) is 3. The van der Waals surface area contributed by atoms with Gasteiger partial charge in [-0.1, -0.05) is 25.5 Å². The van der Waals surface area contributed by atoms with Gasteiger partial charge in [0.2, 0.25) is 0 Å². The first-order valence-corrected chi connectivity index (χ1v) is 12.0. The fourth-order valence-corrected chi connectivity index (χ4v) is 7.29. The molecule has 8 heteroatoms. The van der Waals surface area contributed by atoms with Crippen molar-refractivity contribution in [1.29, 1.82) is 0 Å². The van der Waals surface area contributed by atoms with E-state index >= 15 is 0 Å². The number of aliphatic hydroxyl groups excluding tert-OH is 2. The lowest BCUT2D eigenvalue weighted by Crippen LogP contribution is -2.79. The fourth-order valence-electron chi connectivity index (χ4n) is 7.29. The second kappa shape index (κ2) is 7.60. The van der Waals surface area contributed by atoms with E-state index in [1.807, 2.05) is 20.8 Å². The third-order valence-electron chi connectivity index (χ3n) is 9.51. The molecule has 0 amide bonds. The molecule has 1 aromatic rings. The molecule has 1 saturated carbocycles. The predicted molar refractivity (Wildman–Crippen MR) is 121 cm³/mol. The first-order valence-electron chi connectivity index (χ1n) is 12.0. The van der Waals surface area contributed by atoms with Gasteiger partial charge < -0.3 is 24.4 Å². The zero-order valence-corrected chi connectivity index (χ0v) is 20.1. The van der Waals surface area contributed by atoms with Gasteiger partial charge in [-0.15, -0.1) is 0 Å². The number of allylic oxidation sites excluding steroid dienone is 1. The molecule has 0 radical (unpaired) electrons. The molecule has 1 spiro atoms. The minimum Gasteiger partial charge on any atom is -0.462 e. The SMILES string of the molecule is CC1=CCC[C@H]2[C@@]1(C)[C@@H](O)[C@H](O)[C@]1(C)O[C@]3(COC(=O)C3)C[C@H](OC(=O)c3cccnc3)[C@]21C. The summed E-state index contributed by atoms with van der Waals surface area (Å²) in [6, 6.07) is 3.32. The lowest BCUT2D eigenvalue weighted by molar-refractivity contribution is -0.362. The number of cyclic esters (lactones) is 1. The van der Waals surface area contributed by atoms with E-state index in [1.165, 1.54) is 6.20 Å². The molecule has 0 unspecified atom stereocenters. The van der Waals surface area contributed by atoms with Crippen molar-refractivity contribution in [2.24, 2.45) is 16.7 Å². The molecule has 2 N–H and O–H groups in total. The van der Waals surface area contributed by atoms with Crippen LogP contribution in [0.3, 0.4) is 0 Å². The Morgan fingerprint density at radius 2 is 2.00 bits per heavy atom. The van der Waals surface area contributed by atoms with Crippen LogP contribution in [0.5, 0.6) is 0 Å². The van der Waals surface area contributed by atoms with E-state index in [0.717, 1.165) is 18.4 Å². The summed E-state index contributed by atoms with van der Waals surface area (Å²) in [5, 5.41) is 23.1. The van der Waals surface area contributed by atoms with Crippen LogP contribution < -0.4 is 0 Å². The molecule has 8 atom stereocenters. The number of aromatic nitrogens is 1. The zero-order valence-electron chi connectivity index (χ0n) is 20.1. The summed E-state index contributed by atoms with van der Waals surface area (Å²) in [6.45, 7) is 7.76. The minimum atomic E-state index is -1.29. The van der Waals surface area contributed by atoms with Gasteiger partial charge in [0.05, 0.1) is 18.1 Å². The Balaban J connectivity index is 1.64. The molecule has 34 heavy (non-hydrogen) atoms. The minimum absolute atomic E-state index is 0.00327. The molecule has 4 aliphatic rings. The second-order valence-corrected chi connectivity index (χ2v) is 11.0. The molecular formula is C26H33NO7. The third kappa shape index (κ3) is 2.98. The van der Waals surface area contributed by atoms with E-state index in [2.05, 4.69) is 11.1 Å². The Labute approximate surface area is 199 Å². The number of carbonyl (C=O) groups excluding carboxylic acids is 2. The molecule has 0 bridgehead atoms. The van der Waals surface area contributed by atoms with Crippen molar-refractivity contribution in [2.75, 3.05) is 6.61 Å². The van der Waals surface area contributed by atoms with Crippen molar-refractivity contribution >= 4 is 11.9 Å². The second-order valence-electron chi connectivity index (χ2n) is 11.0. The summed E-state index contributed by atoms with van der Waals surface area (Å²) in [5.74, 6) is -1.05. The molecule has 2 aliphatic carbocycles. The Hall–Kier alpha value is -2.29. The highest BCUT2D eigenvalue weighted by molar-refractivity contribution is 5.89. The highest BCUT2D eigenvalue weighted by Gasteiger charge is 2.75. The van der Waals surface area contributed by atoms with Crippen molar-refractivity contribution in [3.63, 3.8) is 0 Å². The van der Waals surface area contributed by atoms with Gasteiger partial charge in [0, 0.05) is 29.6 Å². The maximum Gasteiger partial charge on any atom is 0.339 e. The summed E-state index contributed by atoms with van der Waals surface area (Å²) in [7, 11) is 0. The van der Waals surface area contributed by atoms with Gasteiger partial charge in [0.25, 0.3) is 0 Å². The van der Waals surface area contributed by atoms with E-state index in [4.69, 9.17) is 14.2 Å². The van der Waals surface area contributed by atoms with Crippen LogP contribution >= 0.6 is 0 Å². The zero-order chi connectivity index (χ0) is 24.5. The number of nitrogens with zero attached hydrogens (tertiary/aromatic N) is 1. The van der Waals surface area contributed by atoms with Gasteiger partial charge in [0.15, 0.2) is 0 Å². The van der Waals surface area contributed by atoms with E-state index in [9.17, 15) is 19.8 Å². The number of fused-ring (bicyclic) bond motifs is 3. The van der Waals surface area contributed by atoms with Gasteiger partial charge in [-0.2, -0.15) is 0 Å². The third-order valence-corrected chi connectivity index (χ3v) is 9.51. The number of rotatable bonds is 2. The molecule has 1 aromatic heterocycles. The maximum atomic E-state index is 13.2. The standard InChI is InChI=1S/C26H33NO7/c1-15-7-5-9-17-23(15,2)20(29)21(30)25(4)24(17,3)18(11-26(34-25)12-19(28)32-14-26)33-22(31)16-8-6-10-27-13-16/h6-8,10,13,17-18,20-21,29-30H,5,9,11-12,14H2,1-4H3/t17-,18-,20-,21-,23-,24-,25-,26+/m0/s1. The van der Waals surface area contributed by atoms with Gasteiger partial charge in [-0.3, -0.25) is 9.78 Å². The van der Waals surface area contributed by atoms with Crippen molar-refractivity contribution in [2.45, 2.75) is 82.9 Å². The molecule has 5 rings (SSSR count). The monoisotopic (exact) mass is 471 g/mol. The lowest BCUT2D eigenvalue weighted by Gasteiger charge is -2.70. The van der Waals surface area contributed by atoms with Crippen LogP contribution in [0, 0.1) is 16.7 Å². The molecule has 3 fully saturated rings. The number of hydrogen-bond acceptors (Lipinski definition) is 8. The van der Waals surface area contributed by atoms with Gasteiger partial charge in [-0.25, -0.2) is 4.79 Å². The molecule has 2 aliphatic heterocycles. The number of aliphatic hydroxyl groups is 2.